The molecular formula is C31H38ClN3O4S. The van der Waals surface area contributed by atoms with Gasteiger partial charge in [-0.1, -0.05) is 86.1 Å². The van der Waals surface area contributed by atoms with Crippen LogP contribution in [0.25, 0.3) is 0 Å². The van der Waals surface area contributed by atoms with Crippen LogP contribution in [0.3, 0.4) is 0 Å². The van der Waals surface area contributed by atoms with Crippen molar-refractivity contribution < 1.29 is 18.0 Å². The van der Waals surface area contributed by atoms with Gasteiger partial charge in [0.25, 0.3) is 0 Å². The van der Waals surface area contributed by atoms with E-state index < -0.39 is 28.5 Å². The summed E-state index contributed by atoms with van der Waals surface area (Å²) in [5, 5.41) is 3.53. The first-order valence-corrected chi connectivity index (χ1v) is 15.7. The number of hydrogen-bond acceptors (Lipinski definition) is 4. The highest BCUT2D eigenvalue weighted by Crippen LogP contribution is 2.25. The number of halogens is 1. The molecule has 0 aliphatic heterocycles. The van der Waals surface area contributed by atoms with E-state index in [4.69, 9.17) is 11.6 Å². The minimum Gasteiger partial charge on any atom is -0.352 e. The number of nitrogens with one attached hydrogen (secondary N) is 1. The van der Waals surface area contributed by atoms with Gasteiger partial charge in [-0.25, -0.2) is 8.42 Å². The van der Waals surface area contributed by atoms with Crippen molar-refractivity contribution in [3.8, 4) is 0 Å². The van der Waals surface area contributed by atoms with Gasteiger partial charge >= 0.3 is 0 Å². The number of anilines is 1. The van der Waals surface area contributed by atoms with Gasteiger partial charge in [0.05, 0.1) is 11.9 Å². The van der Waals surface area contributed by atoms with E-state index in [0.29, 0.717) is 17.1 Å². The second-order valence-corrected chi connectivity index (χ2v) is 12.3. The van der Waals surface area contributed by atoms with E-state index in [2.05, 4.69) is 5.32 Å². The summed E-state index contributed by atoms with van der Waals surface area (Å²) >= 11 is 6.25. The molecule has 2 amide bonds. The van der Waals surface area contributed by atoms with E-state index in [-0.39, 0.29) is 24.9 Å². The monoisotopic (exact) mass is 583 g/mol. The lowest BCUT2D eigenvalue weighted by atomic mass is 10.0. The number of aryl methyl sites for hydroxylation is 1. The van der Waals surface area contributed by atoms with Crippen molar-refractivity contribution in [1.82, 2.24) is 10.2 Å². The predicted octanol–water partition coefficient (Wildman–Crippen LogP) is 5.22. The highest BCUT2D eigenvalue weighted by atomic mass is 35.5. The Morgan fingerprint density at radius 3 is 2.20 bits per heavy atom. The summed E-state index contributed by atoms with van der Waals surface area (Å²) < 4.78 is 27.1. The van der Waals surface area contributed by atoms with Gasteiger partial charge < -0.3 is 10.2 Å². The molecule has 3 rings (SSSR count). The maximum atomic E-state index is 14.2. The van der Waals surface area contributed by atoms with Gasteiger partial charge in [-0.15, -0.1) is 0 Å². The maximum absolute atomic E-state index is 14.2. The molecule has 0 heterocycles. The summed E-state index contributed by atoms with van der Waals surface area (Å²) in [5.41, 5.74) is 2.87. The van der Waals surface area contributed by atoms with Crippen LogP contribution >= 0.6 is 11.6 Å². The van der Waals surface area contributed by atoms with Crippen molar-refractivity contribution in [3.05, 3.63) is 101 Å². The van der Waals surface area contributed by atoms with E-state index >= 15 is 0 Å². The molecule has 0 fully saturated rings. The van der Waals surface area contributed by atoms with Gasteiger partial charge in [0.2, 0.25) is 21.8 Å². The molecule has 214 valence electrons. The van der Waals surface area contributed by atoms with Crippen LogP contribution in [0.5, 0.6) is 0 Å². The first-order chi connectivity index (χ1) is 19.0. The highest BCUT2D eigenvalue weighted by molar-refractivity contribution is 7.92. The molecule has 0 saturated carbocycles. The molecule has 1 N–H and O–H groups in total. The largest absolute Gasteiger partial charge is 0.352 e. The summed E-state index contributed by atoms with van der Waals surface area (Å²) in [7, 11) is -3.82. The summed E-state index contributed by atoms with van der Waals surface area (Å²) in [6.45, 7) is 5.45. The molecule has 0 saturated heterocycles. The number of para-hydroxylation sites is 1. The summed E-state index contributed by atoms with van der Waals surface area (Å²) in [4.78, 5) is 29.3. The van der Waals surface area contributed by atoms with Gasteiger partial charge in [-0.05, 0) is 54.7 Å². The quantitative estimate of drug-likeness (QED) is 0.299. The summed E-state index contributed by atoms with van der Waals surface area (Å²) in [6.07, 6.45) is 2.67. The number of benzene rings is 3. The first-order valence-electron chi connectivity index (χ1n) is 13.5. The number of amides is 2. The Hall–Kier alpha value is -3.36. The Morgan fingerprint density at radius 2 is 1.57 bits per heavy atom. The standard InChI is InChI=1S/C31H38ClN3O4S/c1-5-23(3)33-31(37)29(20-24-13-8-7-9-14-24)34(21-25-15-12-17-27(32)19-25)30(36)22-35(40(4,38)39)28-18-11-10-16-26(28)6-2/h7-19,23,29H,5-6,20-22H2,1-4H3,(H,33,37)/t23-,29-/m0/s1. The number of carbonyl (C=O) groups excluding carboxylic acids is 2. The van der Waals surface area contributed by atoms with Crippen LogP contribution in [-0.2, 0) is 39.0 Å². The molecule has 3 aromatic rings. The Bertz CT molecular complexity index is 1400. The van der Waals surface area contributed by atoms with Crippen LogP contribution in [0.1, 0.15) is 43.9 Å². The Morgan fingerprint density at radius 1 is 0.925 bits per heavy atom. The molecular weight excluding hydrogens is 546 g/mol. The lowest BCUT2D eigenvalue weighted by Gasteiger charge is -2.34. The van der Waals surface area contributed by atoms with Gasteiger partial charge in [0, 0.05) is 24.0 Å². The minimum atomic E-state index is -3.82. The van der Waals surface area contributed by atoms with E-state index in [9.17, 15) is 18.0 Å². The maximum Gasteiger partial charge on any atom is 0.244 e. The van der Waals surface area contributed by atoms with Gasteiger partial charge in [0.15, 0.2) is 0 Å². The van der Waals surface area contributed by atoms with E-state index in [0.717, 1.165) is 33.7 Å². The van der Waals surface area contributed by atoms with Crippen molar-refractivity contribution in [3.63, 3.8) is 0 Å². The van der Waals surface area contributed by atoms with Crippen LogP contribution in [0.15, 0.2) is 78.9 Å². The van der Waals surface area contributed by atoms with Crippen LogP contribution in [0, 0.1) is 0 Å². The zero-order valence-electron chi connectivity index (χ0n) is 23.5. The molecule has 40 heavy (non-hydrogen) atoms. The fourth-order valence-electron chi connectivity index (χ4n) is 4.47. The first kappa shape index (κ1) is 31.2. The third-order valence-corrected chi connectivity index (χ3v) is 8.20. The second kappa shape index (κ2) is 14.3. The number of nitrogens with zero attached hydrogens (tertiary/aromatic N) is 2. The topological polar surface area (TPSA) is 86.8 Å². The average Bonchev–Trinajstić information content (AvgIpc) is 2.93. The predicted molar refractivity (Wildman–Crippen MR) is 162 cm³/mol. The molecule has 0 bridgehead atoms. The molecule has 0 spiro atoms. The molecule has 7 nitrogen and oxygen atoms in total. The molecule has 0 aliphatic carbocycles. The molecule has 2 atom stereocenters. The Kier molecular flexibility index (Phi) is 11.2. The number of sulfonamides is 1. The van der Waals surface area contributed by atoms with Crippen molar-refractivity contribution in [2.75, 3.05) is 17.1 Å². The minimum absolute atomic E-state index is 0.0812. The van der Waals surface area contributed by atoms with Crippen molar-refractivity contribution >= 4 is 39.1 Å². The number of hydrogen-bond donors (Lipinski definition) is 1. The SMILES string of the molecule is CCc1ccccc1N(CC(=O)N(Cc1cccc(Cl)c1)[C@@H](Cc1ccccc1)C(=O)N[C@@H](C)CC)S(C)(=O)=O. The van der Waals surface area contributed by atoms with Gasteiger partial charge in [0.1, 0.15) is 12.6 Å². The Balaban J connectivity index is 2.08. The summed E-state index contributed by atoms with van der Waals surface area (Å²) in [6, 6.07) is 22.7. The van der Waals surface area contributed by atoms with Crippen molar-refractivity contribution in [2.45, 2.75) is 58.7 Å². The fraction of sp³-hybridized carbons (Fsp3) is 0.355. The third-order valence-electron chi connectivity index (χ3n) is 6.83. The van der Waals surface area contributed by atoms with Crippen LogP contribution in [-0.4, -0.2) is 50.0 Å². The fourth-order valence-corrected chi connectivity index (χ4v) is 5.57. The van der Waals surface area contributed by atoms with E-state index in [1.54, 1.807) is 30.3 Å². The lowest BCUT2D eigenvalue weighted by molar-refractivity contribution is -0.140. The molecule has 0 unspecified atom stereocenters. The zero-order valence-corrected chi connectivity index (χ0v) is 25.1. The molecule has 3 aromatic carbocycles. The van der Waals surface area contributed by atoms with E-state index in [1.807, 2.05) is 69.3 Å². The summed E-state index contributed by atoms with van der Waals surface area (Å²) in [5.74, 6) is -0.787. The Labute approximate surface area is 243 Å². The van der Waals surface area contributed by atoms with Crippen LogP contribution in [0.4, 0.5) is 5.69 Å². The number of rotatable bonds is 13. The number of carbonyl (C=O) groups is 2. The second-order valence-electron chi connectivity index (χ2n) is 9.93. The normalized spacial score (nSPS) is 12.8. The lowest BCUT2D eigenvalue weighted by Crippen LogP contribution is -2.54. The van der Waals surface area contributed by atoms with E-state index in [1.165, 1.54) is 4.90 Å². The average molecular weight is 584 g/mol. The van der Waals surface area contributed by atoms with Crippen LogP contribution in [0.2, 0.25) is 5.02 Å². The van der Waals surface area contributed by atoms with Gasteiger partial charge in [-0.3, -0.25) is 13.9 Å². The van der Waals surface area contributed by atoms with Crippen LogP contribution < -0.4 is 9.62 Å². The van der Waals surface area contributed by atoms with Gasteiger partial charge in [-0.2, -0.15) is 0 Å². The van der Waals surface area contributed by atoms with Crippen molar-refractivity contribution in [1.29, 1.82) is 0 Å². The highest BCUT2D eigenvalue weighted by Gasteiger charge is 2.33. The molecule has 0 radical (unpaired) electrons. The molecule has 0 aromatic heterocycles. The zero-order chi connectivity index (χ0) is 29.3. The smallest absolute Gasteiger partial charge is 0.244 e. The molecule has 0 aliphatic rings. The molecule has 9 heteroatoms. The third kappa shape index (κ3) is 8.57. The van der Waals surface area contributed by atoms with Crippen molar-refractivity contribution in [2.24, 2.45) is 0 Å².